The predicted molar refractivity (Wildman–Crippen MR) is 49.9 cm³/mol. The Morgan fingerprint density at radius 2 is 2.08 bits per heavy atom. The van der Waals surface area contributed by atoms with E-state index in [0.29, 0.717) is 0 Å². The third kappa shape index (κ3) is 3.20. The van der Waals surface area contributed by atoms with Gasteiger partial charge in [-0.25, -0.2) is 12.8 Å². The van der Waals surface area contributed by atoms with Crippen molar-refractivity contribution in [1.82, 2.24) is 0 Å². The fraction of sp³-hybridized carbons (Fsp3) is 0.143. The van der Waals surface area contributed by atoms with E-state index >= 15 is 0 Å². The summed E-state index contributed by atoms with van der Waals surface area (Å²) in [7, 11) is -3.37. The van der Waals surface area contributed by atoms with Gasteiger partial charge >= 0.3 is 0 Å². The lowest BCUT2D eigenvalue weighted by Crippen LogP contribution is -2.09. The van der Waals surface area contributed by atoms with Crippen LogP contribution in [0.1, 0.15) is 0 Å². The molecule has 1 rings (SSSR count). The Morgan fingerprint density at radius 1 is 1.46 bits per heavy atom. The molecule has 0 aliphatic carbocycles. The normalized spacial score (nSPS) is 11.3. The monoisotopic (exact) mass is 223 g/mol. The maximum Gasteiger partial charge on any atom is 0.229 e. The van der Waals surface area contributed by atoms with E-state index < -0.39 is 15.8 Å². The van der Waals surface area contributed by atoms with Gasteiger partial charge in [0.05, 0.1) is 17.0 Å². The van der Waals surface area contributed by atoms with Gasteiger partial charge in [0.1, 0.15) is 5.82 Å². The van der Waals surface area contributed by atoms with E-state index in [1.54, 1.807) is 0 Å². The van der Waals surface area contributed by atoms with Crippen LogP contribution in [0.4, 0.5) is 10.1 Å². The van der Waals surface area contributed by atoms with Gasteiger partial charge in [-0.15, -0.1) is 0 Å². The van der Waals surface area contributed by atoms with E-state index in [4.69, 9.17) is 11.6 Å². The lowest BCUT2D eigenvalue weighted by molar-refractivity contribution is 0.606. The Balaban J connectivity index is 2.99. The molecule has 0 fully saturated rings. The summed E-state index contributed by atoms with van der Waals surface area (Å²) in [6, 6.07) is 3.68. The average Bonchev–Trinajstić information content (AvgIpc) is 1.94. The predicted octanol–water partition coefficient (Wildman–Crippen LogP) is 1.85. The molecular weight excluding hydrogens is 217 g/mol. The second-order valence-corrected chi connectivity index (χ2v) is 4.66. The summed E-state index contributed by atoms with van der Waals surface area (Å²) in [6.07, 6.45) is 0.986. The van der Waals surface area contributed by atoms with Gasteiger partial charge in [0, 0.05) is 0 Å². The van der Waals surface area contributed by atoms with Crippen LogP contribution in [0.2, 0.25) is 5.02 Å². The minimum Gasteiger partial charge on any atom is -0.284 e. The molecule has 0 saturated heterocycles. The van der Waals surface area contributed by atoms with E-state index in [-0.39, 0.29) is 10.7 Å². The third-order valence-electron chi connectivity index (χ3n) is 1.22. The Kier molecular flexibility index (Phi) is 2.77. The van der Waals surface area contributed by atoms with Gasteiger partial charge in [-0.3, -0.25) is 4.72 Å². The topological polar surface area (TPSA) is 46.2 Å². The summed E-state index contributed by atoms with van der Waals surface area (Å²) in [6.45, 7) is 0. The molecule has 0 aliphatic heterocycles. The smallest absolute Gasteiger partial charge is 0.229 e. The molecule has 6 heteroatoms. The number of benzene rings is 1. The van der Waals surface area contributed by atoms with E-state index in [9.17, 15) is 12.8 Å². The van der Waals surface area contributed by atoms with Crippen molar-refractivity contribution < 1.29 is 12.8 Å². The van der Waals surface area contributed by atoms with Crippen LogP contribution in [0.25, 0.3) is 0 Å². The third-order valence-corrected chi connectivity index (χ3v) is 2.14. The first-order chi connectivity index (χ1) is 5.88. The highest BCUT2D eigenvalue weighted by Crippen LogP contribution is 2.18. The van der Waals surface area contributed by atoms with Crippen LogP contribution in [0.5, 0.6) is 0 Å². The molecular formula is C7H7ClFNO2S. The molecule has 72 valence electrons. The zero-order valence-electron chi connectivity index (χ0n) is 6.71. The van der Waals surface area contributed by atoms with E-state index in [0.717, 1.165) is 12.3 Å². The van der Waals surface area contributed by atoms with Gasteiger partial charge in [0.15, 0.2) is 0 Å². The molecule has 0 saturated carbocycles. The number of hydrogen-bond acceptors (Lipinski definition) is 2. The SMILES string of the molecule is CS(=O)(=O)Nc1ccc(Cl)c(F)c1. The summed E-state index contributed by atoms with van der Waals surface area (Å²) >= 11 is 5.40. The summed E-state index contributed by atoms with van der Waals surface area (Å²) in [5.41, 5.74) is 0.157. The van der Waals surface area contributed by atoms with Crippen molar-refractivity contribution in [2.75, 3.05) is 11.0 Å². The van der Waals surface area contributed by atoms with Crippen molar-refractivity contribution in [3.05, 3.63) is 29.0 Å². The Morgan fingerprint density at radius 3 is 2.54 bits per heavy atom. The number of rotatable bonds is 2. The van der Waals surface area contributed by atoms with Gasteiger partial charge in [0.25, 0.3) is 0 Å². The first-order valence-corrected chi connectivity index (χ1v) is 5.58. The van der Waals surface area contributed by atoms with Gasteiger partial charge < -0.3 is 0 Å². The maximum atomic E-state index is 12.8. The second kappa shape index (κ2) is 3.51. The molecule has 0 unspecified atom stereocenters. The molecule has 0 aromatic heterocycles. The van der Waals surface area contributed by atoms with Crippen LogP contribution in [0.3, 0.4) is 0 Å². The zero-order valence-corrected chi connectivity index (χ0v) is 8.29. The number of hydrogen-bond donors (Lipinski definition) is 1. The highest BCUT2D eigenvalue weighted by molar-refractivity contribution is 7.92. The van der Waals surface area contributed by atoms with Crippen LogP contribution in [-0.4, -0.2) is 14.7 Å². The van der Waals surface area contributed by atoms with Crippen molar-refractivity contribution in [2.24, 2.45) is 0 Å². The van der Waals surface area contributed by atoms with Crippen LogP contribution < -0.4 is 4.72 Å². The van der Waals surface area contributed by atoms with Crippen molar-refractivity contribution in [3.8, 4) is 0 Å². The van der Waals surface area contributed by atoms with Gasteiger partial charge in [0.2, 0.25) is 10.0 Å². The first-order valence-electron chi connectivity index (χ1n) is 3.31. The molecule has 0 bridgehead atoms. The standard InChI is InChI=1S/C7H7ClFNO2S/c1-13(11,12)10-5-2-3-6(8)7(9)4-5/h2-4,10H,1H3. The molecule has 0 atom stereocenters. The molecule has 1 N–H and O–H groups in total. The molecule has 13 heavy (non-hydrogen) atoms. The van der Waals surface area contributed by atoms with Gasteiger partial charge in [-0.05, 0) is 18.2 Å². The Hall–Kier alpha value is -0.810. The number of anilines is 1. The maximum absolute atomic E-state index is 12.8. The molecule has 0 aliphatic rings. The Bertz CT molecular complexity index is 419. The van der Waals surface area contributed by atoms with Crippen LogP contribution >= 0.6 is 11.6 Å². The van der Waals surface area contributed by atoms with Crippen LogP contribution in [0, 0.1) is 5.82 Å². The molecule has 1 aromatic carbocycles. The molecule has 0 spiro atoms. The highest BCUT2D eigenvalue weighted by Gasteiger charge is 2.04. The molecule has 0 heterocycles. The summed E-state index contributed by atoms with van der Waals surface area (Å²) < 4.78 is 36.4. The molecule has 0 amide bonds. The first kappa shape index (κ1) is 10.3. The summed E-state index contributed by atoms with van der Waals surface area (Å²) in [5, 5.41) is -0.0425. The molecule has 0 radical (unpaired) electrons. The van der Waals surface area contributed by atoms with Gasteiger partial charge in [-0.1, -0.05) is 11.6 Å². The zero-order chi connectivity index (χ0) is 10.1. The fourth-order valence-corrected chi connectivity index (χ4v) is 1.45. The second-order valence-electron chi connectivity index (χ2n) is 2.50. The van der Waals surface area contributed by atoms with Crippen LogP contribution in [-0.2, 0) is 10.0 Å². The number of sulfonamides is 1. The van der Waals surface area contributed by atoms with Crippen molar-refractivity contribution >= 4 is 27.3 Å². The summed E-state index contributed by atoms with van der Waals surface area (Å²) in [4.78, 5) is 0. The van der Waals surface area contributed by atoms with E-state index in [1.165, 1.54) is 12.1 Å². The lowest BCUT2D eigenvalue weighted by Gasteiger charge is -2.03. The van der Waals surface area contributed by atoms with E-state index in [2.05, 4.69) is 4.72 Å². The lowest BCUT2D eigenvalue weighted by atomic mass is 10.3. The number of nitrogens with one attached hydrogen (secondary N) is 1. The number of halogens is 2. The largest absolute Gasteiger partial charge is 0.284 e. The van der Waals surface area contributed by atoms with Crippen molar-refractivity contribution in [2.45, 2.75) is 0 Å². The van der Waals surface area contributed by atoms with E-state index in [1.807, 2.05) is 0 Å². The highest BCUT2D eigenvalue weighted by atomic mass is 35.5. The van der Waals surface area contributed by atoms with Gasteiger partial charge in [-0.2, -0.15) is 0 Å². The Labute approximate surface area is 80.6 Å². The molecule has 1 aromatic rings. The average molecular weight is 224 g/mol. The van der Waals surface area contributed by atoms with Crippen LogP contribution in [0.15, 0.2) is 18.2 Å². The summed E-state index contributed by atoms with van der Waals surface area (Å²) in [5.74, 6) is -0.657. The minimum atomic E-state index is -3.37. The quantitative estimate of drug-likeness (QED) is 0.832. The molecule has 3 nitrogen and oxygen atoms in total. The van der Waals surface area contributed by atoms with Crippen molar-refractivity contribution in [1.29, 1.82) is 0 Å². The van der Waals surface area contributed by atoms with Crippen molar-refractivity contribution in [3.63, 3.8) is 0 Å². The fourth-order valence-electron chi connectivity index (χ4n) is 0.774. The minimum absolute atomic E-state index is 0.0425.